The fraction of sp³-hybridized carbons (Fsp3) is 0.387. The summed E-state index contributed by atoms with van der Waals surface area (Å²) in [6.07, 6.45) is 0.534. The molecule has 2 saturated heterocycles. The number of nitrogens with zero attached hydrogens (tertiary/aromatic N) is 5. The molecule has 0 bridgehead atoms. The topological polar surface area (TPSA) is 115 Å². The van der Waals surface area contributed by atoms with E-state index >= 15 is 0 Å². The minimum absolute atomic E-state index is 0.0154. The molecule has 3 aromatic rings. The minimum atomic E-state index is -0.740. The summed E-state index contributed by atoms with van der Waals surface area (Å²) in [5.41, 5.74) is 1.88. The van der Waals surface area contributed by atoms with Gasteiger partial charge < -0.3 is 19.9 Å². The lowest BCUT2D eigenvalue weighted by atomic mass is 9.99. The molecule has 2 fully saturated rings. The van der Waals surface area contributed by atoms with Crippen LogP contribution in [0.1, 0.15) is 24.5 Å². The van der Waals surface area contributed by atoms with Crippen LogP contribution in [0.3, 0.4) is 0 Å². The SMILES string of the molecule is CCCN(C(=O)NC)N1CC(=O)N2[C@@H](Cc3ccc(OCCN=O)cc3)C(=O)N(Cc3cccc4ccccc34)C[C@@H]21. The van der Waals surface area contributed by atoms with Crippen molar-refractivity contribution in [2.75, 3.05) is 39.8 Å². The lowest BCUT2D eigenvalue weighted by molar-refractivity contribution is -0.157. The van der Waals surface area contributed by atoms with Crippen LogP contribution in [0.2, 0.25) is 0 Å². The third-order valence-corrected chi connectivity index (χ3v) is 7.81. The van der Waals surface area contributed by atoms with Gasteiger partial charge in [-0.15, -0.1) is 0 Å². The second kappa shape index (κ2) is 13.0. The van der Waals surface area contributed by atoms with Gasteiger partial charge in [0.1, 0.15) is 31.1 Å². The number of carbonyl (C=O) groups excluding carboxylic acids is 3. The highest BCUT2D eigenvalue weighted by Gasteiger charge is 2.52. The van der Waals surface area contributed by atoms with E-state index in [1.54, 1.807) is 34.1 Å². The van der Waals surface area contributed by atoms with Crippen molar-refractivity contribution in [2.45, 2.75) is 38.5 Å². The van der Waals surface area contributed by atoms with E-state index in [0.29, 0.717) is 31.7 Å². The smallest absolute Gasteiger partial charge is 0.331 e. The lowest BCUT2D eigenvalue weighted by Crippen LogP contribution is -2.66. The fourth-order valence-corrected chi connectivity index (χ4v) is 5.86. The highest BCUT2D eigenvalue weighted by Crippen LogP contribution is 2.31. The molecule has 0 radical (unpaired) electrons. The van der Waals surface area contributed by atoms with Crippen LogP contribution < -0.4 is 10.1 Å². The van der Waals surface area contributed by atoms with Gasteiger partial charge >= 0.3 is 6.03 Å². The number of piperazine rings is 1. The summed E-state index contributed by atoms with van der Waals surface area (Å²) in [5.74, 6) is 0.278. The first-order valence-corrected chi connectivity index (χ1v) is 14.3. The molecule has 2 aliphatic heterocycles. The van der Waals surface area contributed by atoms with E-state index in [0.717, 1.165) is 21.9 Å². The molecule has 0 unspecified atom stereocenters. The number of rotatable bonds is 11. The van der Waals surface area contributed by atoms with Gasteiger partial charge in [-0.3, -0.25) is 14.6 Å². The third-order valence-electron chi connectivity index (χ3n) is 7.81. The number of urea groups is 1. The molecule has 5 rings (SSSR count). The number of fused-ring (bicyclic) bond motifs is 2. The Morgan fingerprint density at radius 1 is 1.07 bits per heavy atom. The van der Waals surface area contributed by atoms with Crippen molar-refractivity contribution in [1.29, 1.82) is 0 Å². The molecule has 11 heteroatoms. The predicted molar refractivity (Wildman–Crippen MR) is 158 cm³/mol. The Morgan fingerprint density at radius 3 is 2.57 bits per heavy atom. The van der Waals surface area contributed by atoms with Gasteiger partial charge in [-0.05, 0) is 40.5 Å². The Labute approximate surface area is 244 Å². The average molecular weight is 573 g/mol. The van der Waals surface area contributed by atoms with E-state index in [2.05, 4.69) is 16.6 Å². The van der Waals surface area contributed by atoms with E-state index in [9.17, 15) is 19.3 Å². The minimum Gasteiger partial charge on any atom is -0.492 e. The standard InChI is InChI=1S/C31H36N6O5/c1-3-16-35(31(40)32-2)36-21-29(38)37-27(18-22-11-13-25(14-12-22)42-17-15-33-41)30(39)34(20-28(36)37)19-24-9-6-8-23-7-4-5-10-26(23)24/h4-14,27-28H,3,15-21H2,1-2H3,(H,32,40)/t27-,28+/m0/s1. The van der Waals surface area contributed by atoms with E-state index in [1.807, 2.05) is 60.4 Å². The summed E-state index contributed by atoms with van der Waals surface area (Å²) >= 11 is 0. The number of amides is 4. The maximum atomic E-state index is 14.1. The van der Waals surface area contributed by atoms with Crippen LogP contribution in [-0.2, 0) is 22.6 Å². The van der Waals surface area contributed by atoms with Crippen molar-refractivity contribution >= 4 is 28.6 Å². The summed E-state index contributed by atoms with van der Waals surface area (Å²) in [4.78, 5) is 54.4. The van der Waals surface area contributed by atoms with Gasteiger partial charge in [0.15, 0.2) is 0 Å². The summed E-state index contributed by atoms with van der Waals surface area (Å²) in [7, 11) is 1.57. The summed E-state index contributed by atoms with van der Waals surface area (Å²) < 4.78 is 5.53. The number of hydrazine groups is 1. The number of nitrogens with one attached hydrogen (secondary N) is 1. The molecule has 0 spiro atoms. The lowest BCUT2D eigenvalue weighted by Gasteiger charge is -2.46. The molecule has 42 heavy (non-hydrogen) atoms. The van der Waals surface area contributed by atoms with Crippen LogP contribution in [0.15, 0.2) is 71.9 Å². The Hall–Kier alpha value is -4.51. The summed E-state index contributed by atoms with van der Waals surface area (Å²) in [6, 6.07) is 20.4. The number of nitroso groups, excluding NO2 is 1. The number of hydrogen-bond donors (Lipinski definition) is 1. The van der Waals surface area contributed by atoms with Gasteiger partial charge in [0, 0.05) is 26.6 Å². The molecular weight excluding hydrogens is 536 g/mol. The average Bonchev–Trinajstić information content (AvgIpc) is 3.33. The van der Waals surface area contributed by atoms with Crippen LogP contribution in [0.4, 0.5) is 4.79 Å². The molecule has 0 saturated carbocycles. The molecule has 2 atom stereocenters. The third kappa shape index (κ3) is 5.91. The molecule has 2 aliphatic rings. The van der Waals surface area contributed by atoms with Crippen LogP contribution >= 0.6 is 0 Å². The molecule has 11 nitrogen and oxygen atoms in total. The molecular formula is C31H36N6O5. The summed E-state index contributed by atoms with van der Waals surface area (Å²) in [5, 5.41) is 11.1. The molecule has 220 valence electrons. The number of hydrogen-bond acceptors (Lipinski definition) is 7. The quantitative estimate of drug-likeness (QED) is 0.278. The number of carbonyl (C=O) groups is 3. The Morgan fingerprint density at radius 2 is 1.83 bits per heavy atom. The first kappa shape index (κ1) is 29.0. The Kier molecular flexibility index (Phi) is 8.97. The van der Waals surface area contributed by atoms with Gasteiger partial charge in [0.2, 0.25) is 11.8 Å². The maximum Gasteiger partial charge on any atom is 0.331 e. The van der Waals surface area contributed by atoms with Crippen molar-refractivity contribution in [3.8, 4) is 5.75 Å². The first-order valence-electron chi connectivity index (χ1n) is 14.3. The van der Waals surface area contributed by atoms with Gasteiger partial charge in [-0.25, -0.2) is 4.79 Å². The molecule has 2 heterocycles. The van der Waals surface area contributed by atoms with Crippen molar-refractivity contribution < 1.29 is 19.1 Å². The molecule has 0 aliphatic carbocycles. The van der Waals surface area contributed by atoms with Crippen LogP contribution in [0.5, 0.6) is 5.75 Å². The highest BCUT2D eigenvalue weighted by molar-refractivity contribution is 5.92. The molecule has 1 N–H and O–H groups in total. The number of benzene rings is 3. The molecule has 0 aromatic heterocycles. The summed E-state index contributed by atoms with van der Waals surface area (Å²) in [6.45, 7) is 3.35. The zero-order valence-electron chi connectivity index (χ0n) is 23.9. The van der Waals surface area contributed by atoms with E-state index < -0.39 is 12.2 Å². The van der Waals surface area contributed by atoms with Crippen LogP contribution in [0.25, 0.3) is 10.8 Å². The predicted octanol–water partition coefficient (Wildman–Crippen LogP) is 3.38. The zero-order valence-corrected chi connectivity index (χ0v) is 23.9. The molecule has 3 aromatic carbocycles. The normalized spacial score (nSPS) is 18.7. The second-order valence-corrected chi connectivity index (χ2v) is 10.5. The Balaban J connectivity index is 1.47. The second-order valence-electron chi connectivity index (χ2n) is 10.5. The monoisotopic (exact) mass is 572 g/mol. The highest BCUT2D eigenvalue weighted by atomic mass is 16.5. The van der Waals surface area contributed by atoms with Gasteiger partial charge in [-0.1, -0.05) is 66.7 Å². The van der Waals surface area contributed by atoms with Crippen molar-refractivity contribution in [1.82, 2.24) is 25.1 Å². The Bertz CT molecular complexity index is 1440. The molecule has 4 amide bonds. The van der Waals surface area contributed by atoms with Crippen molar-refractivity contribution in [2.24, 2.45) is 5.18 Å². The van der Waals surface area contributed by atoms with Gasteiger partial charge in [-0.2, -0.15) is 9.92 Å². The van der Waals surface area contributed by atoms with E-state index in [1.165, 1.54) is 0 Å². The van der Waals surface area contributed by atoms with Crippen LogP contribution in [-0.4, -0.2) is 89.7 Å². The fourth-order valence-electron chi connectivity index (χ4n) is 5.86. The number of ether oxygens (including phenoxy) is 1. The van der Waals surface area contributed by atoms with E-state index in [-0.39, 0.29) is 44.1 Å². The van der Waals surface area contributed by atoms with Gasteiger partial charge in [0.25, 0.3) is 0 Å². The maximum absolute atomic E-state index is 14.1. The van der Waals surface area contributed by atoms with Crippen molar-refractivity contribution in [3.63, 3.8) is 0 Å². The van der Waals surface area contributed by atoms with Gasteiger partial charge in [0.05, 0.1) is 13.1 Å². The largest absolute Gasteiger partial charge is 0.492 e. The first-order chi connectivity index (χ1) is 20.4. The zero-order chi connectivity index (χ0) is 29.6. The van der Waals surface area contributed by atoms with E-state index in [4.69, 9.17) is 4.74 Å². The van der Waals surface area contributed by atoms with Crippen molar-refractivity contribution in [3.05, 3.63) is 82.8 Å². The van der Waals surface area contributed by atoms with Crippen LogP contribution in [0, 0.1) is 4.91 Å².